The molecular weight excluding hydrogens is 312 g/mol. The van der Waals surface area contributed by atoms with E-state index < -0.39 is 0 Å². The van der Waals surface area contributed by atoms with E-state index in [1.165, 1.54) is 11.1 Å². The summed E-state index contributed by atoms with van der Waals surface area (Å²) in [6, 6.07) is 1.77. The fourth-order valence-electron chi connectivity index (χ4n) is 2.79. The molecule has 1 aliphatic rings. The lowest BCUT2D eigenvalue weighted by Gasteiger charge is -2.20. The highest BCUT2D eigenvalue weighted by Gasteiger charge is 2.19. The first-order valence-corrected chi connectivity index (χ1v) is 8.39. The van der Waals surface area contributed by atoms with Crippen LogP contribution in [0.1, 0.15) is 34.0 Å². The summed E-state index contributed by atoms with van der Waals surface area (Å²) in [5, 5.41) is 11.0. The fraction of sp³-hybridized carbons (Fsp3) is 0.333. The zero-order valence-electron chi connectivity index (χ0n) is 12.4. The summed E-state index contributed by atoms with van der Waals surface area (Å²) in [6.45, 7) is 2.08. The molecule has 4 heterocycles. The van der Waals surface area contributed by atoms with Gasteiger partial charge >= 0.3 is 0 Å². The summed E-state index contributed by atoms with van der Waals surface area (Å²) < 4.78 is 1.58. The summed E-state index contributed by atoms with van der Waals surface area (Å²) >= 11 is 1.55. The summed E-state index contributed by atoms with van der Waals surface area (Å²) in [5.41, 5.74) is 0.990. The van der Waals surface area contributed by atoms with Crippen molar-refractivity contribution in [2.24, 2.45) is 0 Å². The number of amides is 1. The minimum absolute atomic E-state index is 0.232. The molecule has 1 amide bonds. The third kappa shape index (κ3) is 2.82. The number of piperidine rings is 1. The van der Waals surface area contributed by atoms with Gasteiger partial charge < -0.3 is 5.32 Å². The first-order chi connectivity index (χ1) is 11.3. The van der Waals surface area contributed by atoms with Crippen LogP contribution >= 0.6 is 11.3 Å². The standard InChI is InChI=1S/C15H16N6OS/c22-14(11-8-19-21-7-1-4-17-13(11)21)20-15-18-9-12(23-15)10-2-5-16-6-3-10/h1,4,7-10,16H,2-3,5-6H2,(H,18,20,22). The van der Waals surface area contributed by atoms with E-state index in [0.29, 0.717) is 22.3 Å². The molecule has 118 valence electrons. The molecule has 0 aromatic carbocycles. The second-order valence-corrected chi connectivity index (χ2v) is 6.55. The van der Waals surface area contributed by atoms with Crippen LogP contribution < -0.4 is 10.6 Å². The van der Waals surface area contributed by atoms with Crippen LogP contribution in [0.2, 0.25) is 0 Å². The molecule has 23 heavy (non-hydrogen) atoms. The van der Waals surface area contributed by atoms with Crippen LogP contribution in [-0.2, 0) is 0 Å². The smallest absolute Gasteiger partial charge is 0.262 e. The molecule has 0 saturated carbocycles. The van der Waals surface area contributed by atoms with Crippen LogP contribution in [-0.4, -0.2) is 38.6 Å². The van der Waals surface area contributed by atoms with E-state index in [2.05, 4.69) is 25.7 Å². The Hall–Kier alpha value is -2.32. The largest absolute Gasteiger partial charge is 0.317 e. The van der Waals surface area contributed by atoms with Crippen LogP contribution in [0.25, 0.3) is 5.65 Å². The maximum Gasteiger partial charge on any atom is 0.262 e. The molecular formula is C15H16N6OS. The Labute approximate surface area is 136 Å². The minimum atomic E-state index is -0.232. The quantitative estimate of drug-likeness (QED) is 0.767. The van der Waals surface area contributed by atoms with Gasteiger partial charge in [-0.1, -0.05) is 0 Å². The zero-order chi connectivity index (χ0) is 15.6. The monoisotopic (exact) mass is 328 g/mol. The molecule has 1 aliphatic heterocycles. The minimum Gasteiger partial charge on any atom is -0.317 e. The zero-order valence-corrected chi connectivity index (χ0v) is 13.2. The summed E-state index contributed by atoms with van der Waals surface area (Å²) in [7, 11) is 0. The first-order valence-electron chi connectivity index (χ1n) is 7.57. The summed E-state index contributed by atoms with van der Waals surface area (Å²) in [5.74, 6) is 0.308. The van der Waals surface area contributed by atoms with Crippen LogP contribution in [0.15, 0.2) is 30.9 Å². The van der Waals surface area contributed by atoms with Gasteiger partial charge in [-0.15, -0.1) is 11.3 Å². The molecule has 0 aliphatic carbocycles. The molecule has 0 atom stereocenters. The number of aromatic nitrogens is 4. The van der Waals surface area contributed by atoms with Gasteiger partial charge in [-0.2, -0.15) is 5.10 Å². The second-order valence-electron chi connectivity index (χ2n) is 5.49. The topological polar surface area (TPSA) is 84.2 Å². The van der Waals surface area contributed by atoms with Gasteiger partial charge in [0.05, 0.1) is 6.20 Å². The fourth-order valence-corrected chi connectivity index (χ4v) is 3.77. The lowest BCUT2D eigenvalue weighted by atomic mass is 9.97. The molecule has 3 aromatic rings. The maximum absolute atomic E-state index is 12.4. The molecule has 1 fully saturated rings. The van der Waals surface area contributed by atoms with Crippen molar-refractivity contribution in [3.63, 3.8) is 0 Å². The van der Waals surface area contributed by atoms with Gasteiger partial charge in [0.25, 0.3) is 5.91 Å². The van der Waals surface area contributed by atoms with Crippen molar-refractivity contribution in [1.82, 2.24) is 24.9 Å². The second kappa shape index (κ2) is 6.05. The van der Waals surface area contributed by atoms with Crippen molar-refractivity contribution >= 4 is 28.0 Å². The van der Waals surface area contributed by atoms with E-state index in [1.54, 1.807) is 34.3 Å². The Balaban J connectivity index is 1.51. The third-order valence-electron chi connectivity index (χ3n) is 4.01. The van der Waals surface area contributed by atoms with Gasteiger partial charge in [0.15, 0.2) is 10.8 Å². The predicted molar refractivity (Wildman–Crippen MR) is 87.9 cm³/mol. The first kappa shape index (κ1) is 14.3. The SMILES string of the molecule is O=C(Nc1ncc(C2CCNCC2)s1)c1cnn2cccnc12. The number of thiazole rings is 1. The average molecular weight is 328 g/mol. The number of anilines is 1. The number of hydrogen-bond acceptors (Lipinski definition) is 6. The van der Waals surface area contributed by atoms with Gasteiger partial charge in [0.2, 0.25) is 0 Å². The normalized spacial score (nSPS) is 15.8. The highest BCUT2D eigenvalue weighted by Crippen LogP contribution is 2.31. The molecule has 8 heteroatoms. The molecule has 1 saturated heterocycles. The molecule has 7 nitrogen and oxygen atoms in total. The molecule has 0 unspecified atom stereocenters. The van der Waals surface area contributed by atoms with Crippen LogP contribution in [0.3, 0.4) is 0 Å². The van der Waals surface area contributed by atoms with Crippen LogP contribution in [0.5, 0.6) is 0 Å². The number of carbonyl (C=O) groups excluding carboxylic acids is 1. The van der Waals surface area contributed by atoms with Gasteiger partial charge in [0.1, 0.15) is 5.56 Å². The third-order valence-corrected chi connectivity index (χ3v) is 5.08. The highest BCUT2D eigenvalue weighted by molar-refractivity contribution is 7.15. The molecule has 0 bridgehead atoms. The number of carbonyl (C=O) groups is 1. The van der Waals surface area contributed by atoms with E-state index in [0.717, 1.165) is 25.9 Å². The lowest BCUT2D eigenvalue weighted by Crippen LogP contribution is -2.26. The number of fused-ring (bicyclic) bond motifs is 1. The van der Waals surface area contributed by atoms with Crippen LogP contribution in [0.4, 0.5) is 5.13 Å². The van der Waals surface area contributed by atoms with Crippen molar-refractivity contribution in [3.8, 4) is 0 Å². The average Bonchev–Trinajstić information content (AvgIpc) is 3.22. The lowest BCUT2D eigenvalue weighted by molar-refractivity contribution is 0.102. The number of nitrogens with zero attached hydrogens (tertiary/aromatic N) is 4. The van der Waals surface area contributed by atoms with E-state index >= 15 is 0 Å². The predicted octanol–water partition coefficient (Wildman–Crippen LogP) is 1.91. The van der Waals surface area contributed by atoms with E-state index in [9.17, 15) is 4.79 Å². The van der Waals surface area contributed by atoms with Crippen molar-refractivity contribution in [3.05, 3.63) is 41.3 Å². The van der Waals surface area contributed by atoms with Gasteiger partial charge in [0, 0.05) is 23.5 Å². The summed E-state index contributed by atoms with van der Waals surface area (Å²) in [4.78, 5) is 22.2. The number of rotatable bonds is 3. The Morgan fingerprint density at radius 2 is 2.17 bits per heavy atom. The highest BCUT2D eigenvalue weighted by atomic mass is 32.1. The van der Waals surface area contributed by atoms with Gasteiger partial charge in [-0.3, -0.25) is 10.1 Å². The van der Waals surface area contributed by atoms with Crippen molar-refractivity contribution in [2.45, 2.75) is 18.8 Å². The molecule has 4 rings (SSSR count). The molecule has 0 spiro atoms. The van der Waals surface area contributed by atoms with Gasteiger partial charge in [-0.05, 0) is 37.9 Å². The Kier molecular flexibility index (Phi) is 3.76. The van der Waals surface area contributed by atoms with Gasteiger partial charge in [-0.25, -0.2) is 14.5 Å². The van der Waals surface area contributed by atoms with Crippen molar-refractivity contribution < 1.29 is 4.79 Å². The molecule has 0 radical (unpaired) electrons. The Morgan fingerprint density at radius 1 is 1.30 bits per heavy atom. The van der Waals surface area contributed by atoms with Crippen molar-refractivity contribution in [1.29, 1.82) is 0 Å². The van der Waals surface area contributed by atoms with E-state index in [4.69, 9.17) is 0 Å². The Morgan fingerprint density at radius 3 is 3.04 bits per heavy atom. The van der Waals surface area contributed by atoms with E-state index in [1.807, 2.05) is 6.20 Å². The number of hydrogen-bond donors (Lipinski definition) is 2. The van der Waals surface area contributed by atoms with E-state index in [-0.39, 0.29) is 5.91 Å². The summed E-state index contributed by atoms with van der Waals surface area (Å²) in [6.07, 6.45) is 9.05. The molecule has 2 N–H and O–H groups in total. The maximum atomic E-state index is 12.4. The van der Waals surface area contributed by atoms with Crippen LogP contribution in [0, 0.1) is 0 Å². The number of nitrogens with one attached hydrogen (secondary N) is 2. The van der Waals surface area contributed by atoms with Crippen molar-refractivity contribution in [2.75, 3.05) is 18.4 Å². The molecule has 3 aromatic heterocycles. The Bertz CT molecular complexity index is 835.